The molecule has 0 saturated carbocycles. The van der Waals surface area contributed by atoms with Crippen LogP contribution in [0.4, 0.5) is 24.7 Å². The Bertz CT molecular complexity index is 1280. The van der Waals surface area contributed by atoms with Gasteiger partial charge in [0.05, 0.1) is 25.9 Å². The number of nitrogens with zero attached hydrogens (tertiary/aromatic N) is 2. The van der Waals surface area contributed by atoms with Crippen molar-refractivity contribution in [3.05, 3.63) is 53.7 Å². The van der Waals surface area contributed by atoms with Gasteiger partial charge in [0, 0.05) is 18.6 Å². The molecule has 12 heteroatoms. The molecule has 0 aliphatic carbocycles. The first kappa shape index (κ1) is 22.7. The lowest BCUT2D eigenvalue weighted by Gasteiger charge is -2.33. The van der Waals surface area contributed by atoms with Gasteiger partial charge in [0.25, 0.3) is 5.91 Å². The molecule has 2 aliphatic heterocycles. The zero-order valence-electron chi connectivity index (χ0n) is 18.7. The van der Waals surface area contributed by atoms with Crippen molar-refractivity contribution in [2.24, 2.45) is 0 Å². The minimum Gasteiger partial charge on any atom is -0.497 e. The van der Waals surface area contributed by atoms with E-state index in [4.69, 9.17) is 18.9 Å². The van der Waals surface area contributed by atoms with Crippen LogP contribution in [0.25, 0.3) is 0 Å². The van der Waals surface area contributed by atoms with Crippen LogP contribution >= 0.6 is 0 Å². The van der Waals surface area contributed by atoms with E-state index in [-0.39, 0.29) is 24.7 Å². The summed E-state index contributed by atoms with van der Waals surface area (Å²) in [5.74, 6) is 1.21. The maximum absolute atomic E-state index is 14.0. The van der Waals surface area contributed by atoms with Crippen LogP contribution in [0.15, 0.2) is 42.5 Å². The number of ether oxygens (including phenoxy) is 4. The summed E-state index contributed by atoms with van der Waals surface area (Å²) in [6.07, 6.45) is -4.90. The molecule has 1 aromatic heterocycles. The summed E-state index contributed by atoms with van der Waals surface area (Å²) < 4.78 is 63.9. The van der Waals surface area contributed by atoms with Crippen molar-refractivity contribution in [1.82, 2.24) is 9.78 Å². The highest BCUT2D eigenvalue weighted by atomic mass is 19.4. The minimum absolute atomic E-state index is 0.0609. The van der Waals surface area contributed by atoms with Gasteiger partial charge in [-0.3, -0.25) is 4.79 Å². The number of carbonyl (C=O) groups is 1. The van der Waals surface area contributed by atoms with E-state index in [2.05, 4.69) is 15.7 Å². The lowest BCUT2D eigenvalue weighted by molar-refractivity contribution is -0.173. The highest BCUT2D eigenvalue weighted by Crippen LogP contribution is 2.45. The number of nitrogens with one attached hydrogen (secondary N) is 2. The Labute approximate surface area is 197 Å². The van der Waals surface area contributed by atoms with Crippen molar-refractivity contribution >= 4 is 17.4 Å². The van der Waals surface area contributed by atoms with E-state index in [1.54, 1.807) is 36.4 Å². The van der Waals surface area contributed by atoms with Crippen LogP contribution in [-0.4, -0.2) is 42.9 Å². The molecule has 0 saturated heterocycles. The van der Waals surface area contributed by atoms with Gasteiger partial charge in [0.2, 0.25) is 6.79 Å². The zero-order chi connectivity index (χ0) is 24.7. The van der Waals surface area contributed by atoms with E-state index in [0.29, 0.717) is 34.2 Å². The van der Waals surface area contributed by atoms with Crippen molar-refractivity contribution < 1.29 is 36.9 Å². The number of hydrogen-bond acceptors (Lipinski definition) is 7. The molecule has 2 atom stereocenters. The monoisotopic (exact) mass is 490 g/mol. The number of benzene rings is 2. The molecule has 2 aromatic carbocycles. The van der Waals surface area contributed by atoms with Crippen LogP contribution < -0.4 is 29.6 Å². The van der Waals surface area contributed by atoms with Gasteiger partial charge in [-0.05, 0) is 29.8 Å². The molecule has 9 nitrogen and oxygen atoms in total. The van der Waals surface area contributed by atoms with Crippen LogP contribution in [0.3, 0.4) is 0 Å². The van der Waals surface area contributed by atoms with Crippen molar-refractivity contribution in [3.63, 3.8) is 0 Å². The summed E-state index contributed by atoms with van der Waals surface area (Å²) in [4.78, 5) is 12.9. The molecule has 0 spiro atoms. The predicted molar refractivity (Wildman–Crippen MR) is 118 cm³/mol. The number of amides is 1. The summed E-state index contributed by atoms with van der Waals surface area (Å²) in [6.45, 7) is 0.0609. The normalized spacial score (nSPS) is 18.4. The number of halogens is 3. The third kappa shape index (κ3) is 4.27. The third-order valence-corrected chi connectivity index (χ3v) is 5.88. The molecule has 0 bridgehead atoms. The number of carbonyl (C=O) groups excluding carboxylic acids is 1. The second-order valence-electron chi connectivity index (χ2n) is 7.98. The Hall–Kier alpha value is -4.09. The van der Waals surface area contributed by atoms with E-state index in [9.17, 15) is 18.0 Å². The maximum atomic E-state index is 14.0. The first-order valence-corrected chi connectivity index (χ1v) is 10.6. The highest BCUT2D eigenvalue weighted by Gasteiger charge is 2.47. The molecule has 0 fully saturated rings. The van der Waals surface area contributed by atoms with Crippen molar-refractivity contribution in [1.29, 1.82) is 0 Å². The fourth-order valence-electron chi connectivity index (χ4n) is 4.13. The molecule has 0 unspecified atom stereocenters. The smallest absolute Gasteiger partial charge is 0.410 e. The van der Waals surface area contributed by atoms with Crippen molar-refractivity contribution in [2.45, 2.75) is 24.7 Å². The molecule has 3 heterocycles. The lowest BCUT2D eigenvalue weighted by Crippen LogP contribution is -2.35. The van der Waals surface area contributed by atoms with Gasteiger partial charge in [-0.25, -0.2) is 4.68 Å². The Morgan fingerprint density at radius 3 is 2.66 bits per heavy atom. The number of anilines is 2. The standard InChI is InChI=1S/C23H21F3N4O5/c1-32-13-4-6-17(33-2)15(8-13)28-22(31)16-10-21-27-14(9-20(23(24,25)26)30(21)29-16)12-3-5-18-19(7-12)35-11-34-18/h3-8,10,14,20,27H,9,11H2,1-2H3,(H,28,31)/t14-,20+/m1/s1. The molecule has 3 aromatic rings. The van der Waals surface area contributed by atoms with E-state index in [1.807, 2.05) is 0 Å². The number of alkyl halides is 3. The Morgan fingerprint density at radius 1 is 1.11 bits per heavy atom. The summed E-state index contributed by atoms with van der Waals surface area (Å²) in [7, 11) is 2.90. The molecule has 5 rings (SSSR count). The molecular formula is C23H21F3N4O5. The Balaban J connectivity index is 1.45. The molecule has 1 amide bonds. The van der Waals surface area contributed by atoms with Gasteiger partial charge in [0.1, 0.15) is 17.3 Å². The van der Waals surface area contributed by atoms with Gasteiger partial charge < -0.3 is 29.6 Å². The van der Waals surface area contributed by atoms with Crippen molar-refractivity contribution in [2.75, 3.05) is 31.6 Å². The lowest BCUT2D eigenvalue weighted by atomic mass is 9.96. The number of aromatic nitrogens is 2. The average molecular weight is 490 g/mol. The zero-order valence-corrected chi connectivity index (χ0v) is 18.7. The summed E-state index contributed by atoms with van der Waals surface area (Å²) in [6, 6.07) is 8.47. The SMILES string of the molecule is COc1ccc(OC)c(NC(=O)c2cc3n(n2)[C@H](C(F)(F)F)C[C@H](c2ccc4c(c2)OCO4)N3)c1. The first-order chi connectivity index (χ1) is 16.8. The fraction of sp³-hybridized carbons (Fsp3) is 0.304. The number of methoxy groups -OCH3 is 2. The van der Waals surface area contributed by atoms with Gasteiger partial charge in [-0.2, -0.15) is 18.3 Å². The van der Waals surface area contributed by atoms with Gasteiger partial charge in [-0.15, -0.1) is 0 Å². The second kappa shape index (κ2) is 8.60. The van der Waals surface area contributed by atoms with E-state index < -0.39 is 24.2 Å². The predicted octanol–water partition coefficient (Wildman–Crippen LogP) is 4.54. The van der Waals surface area contributed by atoms with E-state index in [0.717, 1.165) is 4.68 Å². The summed E-state index contributed by atoms with van der Waals surface area (Å²) in [5, 5.41) is 9.68. The third-order valence-electron chi connectivity index (χ3n) is 5.88. The first-order valence-electron chi connectivity index (χ1n) is 10.6. The highest BCUT2D eigenvalue weighted by molar-refractivity contribution is 6.04. The summed E-state index contributed by atoms with van der Waals surface area (Å²) in [5.41, 5.74) is 0.711. The number of hydrogen-bond donors (Lipinski definition) is 2. The fourth-order valence-corrected chi connectivity index (χ4v) is 4.13. The molecule has 35 heavy (non-hydrogen) atoms. The van der Waals surface area contributed by atoms with Gasteiger partial charge >= 0.3 is 6.18 Å². The summed E-state index contributed by atoms with van der Waals surface area (Å²) >= 11 is 0. The van der Waals surface area contributed by atoms with Crippen LogP contribution in [0.5, 0.6) is 23.0 Å². The van der Waals surface area contributed by atoms with E-state index >= 15 is 0 Å². The van der Waals surface area contributed by atoms with Crippen LogP contribution in [0.2, 0.25) is 0 Å². The van der Waals surface area contributed by atoms with Gasteiger partial charge in [0.15, 0.2) is 23.2 Å². The quantitative estimate of drug-likeness (QED) is 0.542. The Morgan fingerprint density at radius 2 is 1.91 bits per heavy atom. The van der Waals surface area contributed by atoms with Crippen LogP contribution in [0, 0.1) is 0 Å². The minimum atomic E-state index is -4.58. The largest absolute Gasteiger partial charge is 0.497 e. The van der Waals surface area contributed by atoms with E-state index in [1.165, 1.54) is 20.3 Å². The second-order valence-corrected chi connectivity index (χ2v) is 7.98. The Kier molecular flexibility index (Phi) is 5.58. The molecule has 2 aliphatic rings. The maximum Gasteiger partial charge on any atom is 0.410 e. The molecule has 184 valence electrons. The van der Waals surface area contributed by atoms with Gasteiger partial charge in [-0.1, -0.05) is 6.07 Å². The number of fused-ring (bicyclic) bond motifs is 2. The number of rotatable bonds is 5. The molecule has 0 radical (unpaired) electrons. The molecular weight excluding hydrogens is 469 g/mol. The topological polar surface area (TPSA) is 95.9 Å². The van der Waals surface area contributed by atoms with Crippen molar-refractivity contribution in [3.8, 4) is 23.0 Å². The van der Waals surface area contributed by atoms with Crippen LogP contribution in [0.1, 0.15) is 34.6 Å². The molecule has 2 N–H and O–H groups in total. The van der Waals surface area contributed by atoms with Crippen LogP contribution in [-0.2, 0) is 0 Å². The average Bonchev–Trinajstić information content (AvgIpc) is 3.49.